The number of nitrogens with zero attached hydrogens (tertiary/aromatic N) is 2. The molecule has 5 N–H and O–H groups in total. The van der Waals surface area contributed by atoms with Gasteiger partial charge in [-0.2, -0.15) is 0 Å². The van der Waals surface area contributed by atoms with Crippen LogP contribution in [0, 0.1) is 5.41 Å². The van der Waals surface area contributed by atoms with E-state index < -0.39 is 0 Å². The number of amidine groups is 1. The van der Waals surface area contributed by atoms with Gasteiger partial charge in [-0.15, -0.1) is 0 Å². The Balaban J connectivity index is 1.77. The molecule has 0 saturated carbocycles. The van der Waals surface area contributed by atoms with Gasteiger partial charge >= 0.3 is 0 Å². The van der Waals surface area contributed by atoms with Crippen LogP contribution in [-0.4, -0.2) is 70.7 Å². The summed E-state index contributed by atoms with van der Waals surface area (Å²) in [6, 6.07) is 7.96. The van der Waals surface area contributed by atoms with Gasteiger partial charge < -0.3 is 35.5 Å². The Bertz CT molecular complexity index is 717. The molecule has 1 fully saturated rings. The molecule has 2 rings (SSSR count). The van der Waals surface area contributed by atoms with Crippen molar-refractivity contribution in [1.82, 2.24) is 15.5 Å². The molecule has 0 bridgehead atoms. The lowest BCUT2D eigenvalue weighted by molar-refractivity contribution is 0.0636. The Morgan fingerprint density at radius 3 is 2.56 bits per heavy atom. The number of aliphatic imine (C=N–C) groups is 1. The van der Waals surface area contributed by atoms with E-state index in [0.717, 1.165) is 30.9 Å². The fraction of sp³-hybridized carbons (Fsp3) is 0.565. The van der Waals surface area contributed by atoms with Crippen molar-refractivity contribution in [3.05, 3.63) is 41.3 Å². The number of ether oxygens (including phenoxy) is 3. The molecule has 1 aliphatic rings. The van der Waals surface area contributed by atoms with E-state index in [1.807, 2.05) is 24.3 Å². The van der Waals surface area contributed by atoms with E-state index in [0.29, 0.717) is 25.6 Å². The van der Waals surface area contributed by atoms with Crippen LogP contribution >= 0.6 is 0 Å². The smallest absolute Gasteiger partial charge is 0.171 e. The predicted molar refractivity (Wildman–Crippen MR) is 128 cm³/mol. The molecule has 1 heterocycles. The zero-order valence-corrected chi connectivity index (χ0v) is 19.2. The molecule has 1 aromatic rings. The average molecular weight is 447 g/mol. The van der Waals surface area contributed by atoms with Crippen LogP contribution in [0.3, 0.4) is 0 Å². The Labute approximate surface area is 191 Å². The largest absolute Gasteiger partial charge is 0.494 e. The van der Waals surface area contributed by atoms with E-state index in [1.54, 1.807) is 7.11 Å². The van der Waals surface area contributed by atoms with Gasteiger partial charge in [-0.05, 0) is 56.8 Å². The van der Waals surface area contributed by atoms with E-state index in [2.05, 4.69) is 27.2 Å². The van der Waals surface area contributed by atoms with Crippen LogP contribution < -0.4 is 21.1 Å². The molecule has 1 saturated heterocycles. The Morgan fingerprint density at radius 2 is 1.88 bits per heavy atom. The van der Waals surface area contributed by atoms with E-state index in [4.69, 9.17) is 25.4 Å². The van der Waals surface area contributed by atoms with Crippen molar-refractivity contribution in [3.8, 4) is 5.75 Å². The van der Waals surface area contributed by atoms with Gasteiger partial charge in [0.25, 0.3) is 0 Å². The zero-order valence-electron chi connectivity index (χ0n) is 19.2. The molecule has 0 amide bonds. The Kier molecular flexibility index (Phi) is 12.2. The number of likely N-dealkylation sites (tertiary alicyclic amines) is 1. The summed E-state index contributed by atoms with van der Waals surface area (Å²) in [5, 5.41) is 14.1. The SMILES string of the molecule is C=NC(=N)/C(N)=C(\NCOCCOC)NCc1ccc(OCCCN2CCCCC2)cc1. The summed E-state index contributed by atoms with van der Waals surface area (Å²) in [6.45, 7) is 9.32. The third-order valence-electron chi connectivity index (χ3n) is 5.19. The molecule has 0 spiro atoms. The molecule has 178 valence electrons. The average Bonchev–Trinajstić information content (AvgIpc) is 2.84. The molecule has 0 atom stereocenters. The predicted octanol–water partition coefficient (Wildman–Crippen LogP) is 2.05. The van der Waals surface area contributed by atoms with Crippen LogP contribution in [0.4, 0.5) is 0 Å². The first-order valence-electron chi connectivity index (χ1n) is 11.2. The molecule has 1 aromatic carbocycles. The first kappa shape index (κ1) is 25.6. The summed E-state index contributed by atoms with van der Waals surface area (Å²) in [5.41, 5.74) is 7.24. The minimum Gasteiger partial charge on any atom is -0.494 e. The van der Waals surface area contributed by atoms with Crippen molar-refractivity contribution in [2.75, 3.05) is 53.3 Å². The number of rotatable bonds is 15. The number of methoxy groups -OCH3 is 1. The summed E-state index contributed by atoms with van der Waals surface area (Å²) >= 11 is 0. The number of piperidine rings is 1. The van der Waals surface area contributed by atoms with Gasteiger partial charge in [0.15, 0.2) is 5.84 Å². The maximum atomic E-state index is 7.80. The topological polar surface area (TPSA) is 117 Å². The number of hydrogen-bond acceptors (Lipinski definition) is 8. The van der Waals surface area contributed by atoms with Crippen LogP contribution in [0.5, 0.6) is 5.75 Å². The second-order valence-electron chi connectivity index (χ2n) is 7.62. The summed E-state index contributed by atoms with van der Waals surface area (Å²) in [6.07, 6.45) is 5.04. The number of nitrogens with two attached hydrogens (primary N) is 1. The molecule has 32 heavy (non-hydrogen) atoms. The first-order valence-corrected chi connectivity index (χ1v) is 11.2. The van der Waals surface area contributed by atoms with Crippen LogP contribution in [0.2, 0.25) is 0 Å². The number of benzene rings is 1. The molecular weight excluding hydrogens is 408 g/mol. The van der Waals surface area contributed by atoms with Crippen LogP contribution in [0.25, 0.3) is 0 Å². The molecule has 0 aliphatic carbocycles. The van der Waals surface area contributed by atoms with Gasteiger partial charge in [0.1, 0.15) is 24.0 Å². The van der Waals surface area contributed by atoms with Crippen molar-refractivity contribution >= 4 is 12.6 Å². The number of hydrogen-bond donors (Lipinski definition) is 4. The number of nitrogens with one attached hydrogen (secondary N) is 3. The fourth-order valence-electron chi connectivity index (χ4n) is 3.35. The third-order valence-corrected chi connectivity index (χ3v) is 5.19. The molecular formula is C23H38N6O3. The first-order chi connectivity index (χ1) is 15.6. The summed E-state index contributed by atoms with van der Waals surface area (Å²) in [7, 11) is 1.62. The van der Waals surface area contributed by atoms with Gasteiger partial charge in [-0.3, -0.25) is 5.41 Å². The van der Waals surface area contributed by atoms with Crippen molar-refractivity contribution in [1.29, 1.82) is 5.41 Å². The Morgan fingerprint density at radius 1 is 1.12 bits per heavy atom. The van der Waals surface area contributed by atoms with Gasteiger partial charge in [0, 0.05) is 20.2 Å². The van der Waals surface area contributed by atoms with Crippen LogP contribution in [0.1, 0.15) is 31.2 Å². The molecule has 0 unspecified atom stereocenters. The minimum absolute atomic E-state index is 0.106. The standard InChI is InChI=1S/C23H38N6O3/c1-26-22(25)21(24)23(28-18-31-16-15-30-2)27-17-19-7-9-20(10-8-19)32-14-6-13-29-11-4-3-5-12-29/h7-10,25,27-28H,1,3-6,11-18,24H2,2H3/b23-21+,25-22?. The maximum Gasteiger partial charge on any atom is 0.171 e. The molecule has 9 nitrogen and oxygen atoms in total. The molecule has 1 aliphatic heterocycles. The van der Waals surface area contributed by atoms with E-state index in [9.17, 15) is 0 Å². The lowest BCUT2D eigenvalue weighted by Gasteiger charge is -2.26. The van der Waals surface area contributed by atoms with Gasteiger partial charge in [0.05, 0.1) is 19.8 Å². The van der Waals surface area contributed by atoms with Crippen molar-refractivity contribution in [2.24, 2.45) is 10.7 Å². The highest BCUT2D eigenvalue weighted by molar-refractivity contribution is 5.98. The highest BCUT2D eigenvalue weighted by Crippen LogP contribution is 2.14. The van der Waals surface area contributed by atoms with Crippen molar-refractivity contribution in [2.45, 2.75) is 32.2 Å². The van der Waals surface area contributed by atoms with E-state index in [1.165, 1.54) is 32.4 Å². The quantitative estimate of drug-likeness (QED) is 0.141. The second-order valence-corrected chi connectivity index (χ2v) is 7.62. The van der Waals surface area contributed by atoms with Crippen LogP contribution in [-0.2, 0) is 16.0 Å². The van der Waals surface area contributed by atoms with Gasteiger partial charge in [-0.25, -0.2) is 4.99 Å². The zero-order chi connectivity index (χ0) is 23.0. The summed E-state index contributed by atoms with van der Waals surface area (Å²) in [4.78, 5) is 6.11. The van der Waals surface area contributed by atoms with Crippen molar-refractivity contribution < 1.29 is 14.2 Å². The highest BCUT2D eigenvalue weighted by Gasteiger charge is 2.10. The summed E-state index contributed by atoms with van der Waals surface area (Å²) in [5.74, 6) is 1.23. The maximum absolute atomic E-state index is 7.80. The molecule has 0 radical (unpaired) electrons. The van der Waals surface area contributed by atoms with E-state index >= 15 is 0 Å². The molecule has 9 heteroatoms. The lowest BCUT2D eigenvalue weighted by Crippen LogP contribution is -2.33. The van der Waals surface area contributed by atoms with Gasteiger partial charge in [0.2, 0.25) is 0 Å². The lowest BCUT2D eigenvalue weighted by atomic mass is 10.1. The summed E-state index contributed by atoms with van der Waals surface area (Å²) < 4.78 is 16.3. The van der Waals surface area contributed by atoms with Crippen LogP contribution in [0.15, 0.2) is 40.8 Å². The second kappa shape index (κ2) is 15.2. The minimum atomic E-state index is -0.106. The normalized spacial score (nSPS) is 15.0. The monoisotopic (exact) mass is 446 g/mol. The Hall–Kier alpha value is -2.62. The van der Waals surface area contributed by atoms with Crippen molar-refractivity contribution in [3.63, 3.8) is 0 Å². The van der Waals surface area contributed by atoms with E-state index in [-0.39, 0.29) is 18.3 Å². The highest BCUT2D eigenvalue weighted by atomic mass is 16.5. The fourth-order valence-corrected chi connectivity index (χ4v) is 3.35. The molecule has 0 aromatic heterocycles. The third kappa shape index (κ3) is 9.67. The van der Waals surface area contributed by atoms with Gasteiger partial charge in [-0.1, -0.05) is 18.6 Å².